The molecule has 0 aliphatic carbocycles. The third-order valence-corrected chi connectivity index (χ3v) is 4.96. The van der Waals surface area contributed by atoms with E-state index in [9.17, 15) is 4.79 Å². The highest BCUT2D eigenvalue weighted by molar-refractivity contribution is 6.11. The highest BCUT2D eigenvalue weighted by atomic mass is 16.6. The van der Waals surface area contributed by atoms with Crippen LogP contribution in [0.4, 0.5) is 0 Å². The average molecular weight is 364 g/mol. The van der Waals surface area contributed by atoms with Crippen molar-refractivity contribution in [2.24, 2.45) is 7.05 Å². The van der Waals surface area contributed by atoms with Gasteiger partial charge in [0, 0.05) is 34.9 Å². The summed E-state index contributed by atoms with van der Waals surface area (Å²) in [6.45, 7) is 10.00. The van der Waals surface area contributed by atoms with E-state index >= 15 is 0 Å². The van der Waals surface area contributed by atoms with Gasteiger partial charge in [-0.2, -0.15) is 0 Å². The molecule has 0 N–H and O–H groups in total. The zero-order valence-corrected chi connectivity index (χ0v) is 17.2. The van der Waals surface area contributed by atoms with Crippen molar-refractivity contribution in [3.8, 4) is 0 Å². The third kappa shape index (κ3) is 3.64. The number of para-hydroxylation sites is 1. The normalized spacial score (nSPS) is 12.4. The van der Waals surface area contributed by atoms with E-state index in [1.807, 2.05) is 26.8 Å². The van der Waals surface area contributed by atoms with Crippen LogP contribution in [0.5, 0.6) is 0 Å². The summed E-state index contributed by atoms with van der Waals surface area (Å²) in [6, 6.07) is 10.8. The van der Waals surface area contributed by atoms with Crippen molar-refractivity contribution in [3.05, 3.63) is 53.1 Å². The van der Waals surface area contributed by atoms with Crippen LogP contribution in [-0.2, 0) is 29.4 Å². The number of aryl methyl sites for hydroxylation is 3. The van der Waals surface area contributed by atoms with Crippen molar-refractivity contribution in [1.82, 2.24) is 4.57 Å². The zero-order valence-electron chi connectivity index (χ0n) is 17.2. The van der Waals surface area contributed by atoms with Gasteiger partial charge in [-0.1, -0.05) is 32.0 Å². The first-order chi connectivity index (χ1) is 12.8. The first-order valence-corrected chi connectivity index (χ1v) is 9.69. The van der Waals surface area contributed by atoms with Gasteiger partial charge in [-0.15, -0.1) is 0 Å². The molecule has 2 aromatic carbocycles. The maximum absolute atomic E-state index is 12.2. The van der Waals surface area contributed by atoms with Gasteiger partial charge in [-0.25, -0.2) is 4.79 Å². The van der Waals surface area contributed by atoms with Gasteiger partial charge in [0.15, 0.2) is 0 Å². The molecule has 0 amide bonds. The summed E-state index contributed by atoms with van der Waals surface area (Å²) >= 11 is 0. The van der Waals surface area contributed by atoms with Gasteiger partial charge in [-0.3, -0.25) is 0 Å². The number of esters is 1. The lowest BCUT2D eigenvalue weighted by atomic mass is 9.92. The molecule has 3 rings (SSSR count). The Balaban J connectivity index is 2.23. The van der Waals surface area contributed by atoms with Crippen LogP contribution in [0.1, 0.15) is 51.3 Å². The molecule has 0 saturated carbocycles. The fourth-order valence-corrected chi connectivity index (χ4v) is 3.82. The van der Waals surface area contributed by atoms with Crippen LogP contribution in [0.25, 0.3) is 27.9 Å². The Morgan fingerprint density at radius 2 is 1.81 bits per heavy atom. The van der Waals surface area contributed by atoms with Crippen molar-refractivity contribution in [2.75, 3.05) is 0 Å². The van der Waals surface area contributed by atoms with Crippen LogP contribution in [-0.4, -0.2) is 16.1 Å². The number of aromatic nitrogens is 1. The van der Waals surface area contributed by atoms with Crippen LogP contribution in [0.15, 0.2) is 36.4 Å². The van der Waals surface area contributed by atoms with E-state index < -0.39 is 5.60 Å². The Labute approximate surface area is 161 Å². The number of hydrogen-bond acceptors (Lipinski definition) is 2. The number of ether oxygens (including phenoxy) is 1. The standard InChI is InChI=1S/C24H29NO2/c1-7-16-15-21-23(19-11-9-10-12-20(19)25(21)6)17(8-2)18(16)13-14-22(26)27-24(3,4)5/h9-15H,7-8H2,1-6H3. The minimum atomic E-state index is -0.484. The van der Waals surface area contributed by atoms with Crippen LogP contribution in [0.3, 0.4) is 0 Å². The smallest absolute Gasteiger partial charge is 0.331 e. The third-order valence-electron chi connectivity index (χ3n) is 4.96. The van der Waals surface area contributed by atoms with Crippen molar-refractivity contribution in [2.45, 2.75) is 53.1 Å². The predicted molar refractivity (Wildman–Crippen MR) is 114 cm³/mol. The number of fused-ring (bicyclic) bond motifs is 3. The Hall–Kier alpha value is -2.55. The molecule has 3 nitrogen and oxygen atoms in total. The van der Waals surface area contributed by atoms with Crippen molar-refractivity contribution < 1.29 is 9.53 Å². The van der Waals surface area contributed by atoms with Gasteiger partial charge in [0.05, 0.1) is 0 Å². The van der Waals surface area contributed by atoms with Gasteiger partial charge in [0.2, 0.25) is 0 Å². The quantitative estimate of drug-likeness (QED) is 0.432. The molecule has 3 aromatic rings. The molecule has 27 heavy (non-hydrogen) atoms. The summed E-state index contributed by atoms with van der Waals surface area (Å²) in [4.78, 5) is 12.2. The van der Waals surface area contributed by atoms with E-state index in [-0.39, 0.29) is 5.97 Å². The van der Waals surface area contributed by atoms with Gasteiger partial charge in [-0.05, 0) is 68.5 Å². The molecule has 0 fully saturated rings. The second-order valence-corrected chi connectivity index (χ2v) is 7.97. The lowest BCUT2D eigenvalue weighted by Crippen LogP contribution is -2.22. The second kappa shape index (κ2) is 7.22. The maximum atomic E-state index is 12.2. The molecule has 1 aromatic heterocycles. The predicted octanol–water partition coefficient (Wildman–Crippen LogP) is 5.81. The van der Waals surface area contributed by atoms with Gasteiger partial charge < -0.3 is 9.30 Å². The number of benzene rings is 2. The van der Waals surface area contributed by atoms with Crippen LogP contribution >= 0.6 is 0 Å². The summed E-state index contributed by atoms with van der Waals surface area (Å²) in [5, 5.41) is 2.55. The second-order valence-electron chi connectivity index (χ2n) is 7.97. The Morgan fingerprint density at radius 3 is 2.44 bits per heavy atom. The highest BCUT2D eigenvalue weighted by Gasteiger charge is 2.17. The number of hydrogen-bond donors (Lipinski definition) is 0. The van der Waals surface area contributed by atoms with E-state index in [1.54, 1.807) is 6.08 Å². The highest BCUT2D eigenvalue weighted by Crippen LogP contribution is 2.35. The molecule has 3 heteroatoms. The molecule has 0 aliphatic rings. The van der Waals surface area contributed by atoms with E-state index in [0.29, 0.717) is 0 Å². The zero-order chi connectivity index (χ0) is 19.8. The van der Waals surface area contributed by atoms with Crippen molar-refractivity contribution >= 4 is 33.9 Å². The minimum absolute atomic E-state index is 0.301. The SMILES string of the molecule is CCc1cc2c(c(CC)c1C=CC(=O)OC(C)(C)C)c1ccccc1n2C. The topological polar surface area (TPSA) is 31.2 Å². The average Bonchev–Trinajstić information content (AvgIpc) is 2.90. The minimum Gasteiger partial charge on any atom is -0.457 e. The monoisotopic (exact) mass is 363 g/mol. The fraction of sp³-hybridized carbons (Fsp3) is 0.375. The van der Waals surface area contributed by atoms with E-state index in [1.165, 1.54) is 32.9 Å². The molecule has 0 unspecified atom stereocenters. The molecule has 0 atom stereocenters. The lowest BCUT2D eigenvalue weighted by Gasteiger charge is -2.18. The van der Waals surface area contributed by atoms with Crippen LogP contribution in [0.2, 0.25) is 0 Å². The van der Waals surface area contributed by atoms with Gasteiger partial charge in [0.25, 0.3) is 0 Å². The van der Waals surface area contributed by atoms with Crippen LogP contribution in [0, 0.1) is 0 Å². The largest absolute Gasteiger partial charge is 0.457 e. The molecular weight excluding hydrogens is 334 g/mol. The lowest BCUT2D eigenvalue weighted by molar-refractivity contribution is -0.148. The summed E-state index contributed by atoms with van der Waals surface area (Å²) in [6.07, 6.45) is 5.33. The molecule has 1 heterocycles. The molecule has 0 radical (unpaired) electrons. The Kier molecular flexibility index (Phi) is 5.14. The molecule has 0 spiro atoms. The molecule has 0 saturated heterocycles. The van der Waals surface area contributed by atoms with Crippen molar-refractivity contribution in [1.29, 1.82) is 0 Å². The number of rotatable bonds is 4. The summed E-state index contributed by atoms with van der Waals surface area (Å²) in [7, 11) is 2.12. The van der Waals surface area contributed by atoms with E-state index in [4.69, 9.17) is 4.74 Å². The first kappa shape index (κ1) is 19.2. The number of carbonyl (C=O) groups excluding carboxylic acids is 1. The van der Waals surface area contributed by atoms with Gasteiger partial charge in [0.1, 0.15) is 5.60 Å². The molecule has 142 valence electrons. The fourth-order valence-electron chi connectivity index (χ4n) is 3.82. The van der Waals surface area contributed by atoms with Crippen LogP contribution < -0.4 is 0 Å². The number of carbonyl (C=O) groups is 1. The Bertz CT molecular complexity index is 1030. The summed E-state index contributed by atoms with van der Waals surface area (Å²) < 4.78 is 7.71. The van der Waals surface area contributed by atoms with Crippen molar-refractivity contribution in [3.63, 3.8) is 0 Å². The van der Waals surface area contributed by atoms with E-state index in [2.05, 4.69) is 55.8 Å². The maximum Gasteiger partial charge on any atom is 0.331 e. The Morgan fingerprint density at radius 1 is 1.11 bits per heavy atom. The first-order valence-electron chi connectivity index (χ1n) is 9.69. The summed E-state index contributed by atoms with van der Waals surface area (Å²) in [5.74, 6) is -0.301. The molecule has 0 bridgehead atoms. The molecular formula is C24H29NO2. The van der Waals surface area contributed by atoms with E-state index in [0.717, 1.165) is 18.4 Å². The van der Waals surface area contributed by atoms with Gasteiger partial charge >= 0.3 is 5.97 Å². The summed E-state index contributed by atoms with van der Waals surface area (Å²) in [5.41, 5.74) is 5.69. The molecule has 0 aliphatic heterocycles. The number of nitrogens with zero attached hydrogens (tertiary/aromatic N) is 1.